The summed E-state index contributed by atoms with van der Waals surface area (Å²) in [5.41, 5.74) is 4.64. The molecule has 3 heterocycles. The van der Waals surface area contributed by atoms with Crippen LogP contribution in [0.15, 0.2) is 48.5 Å². The fourth-order valence-corrected chi connectivity index (χ4v) is 5.54. The van der Waals surface area contributed by atoms with Crippen LogP contribution < -0.4 is 19.7 Å². The van der Waals surface area contributed by atoms with Gasteiger partial charge < -0.3 is 19.7 Å². The van der Waals surface area contributed by atoms with Crippen LogP contribution in [0.25, 0.3) is 22.2 Å². The Kier molecular flexibility index (Phi) is 6.61. The van der Waals surface area contributed by atoms with Gasteiger partial charge in [0.05, 0.1) is 24.9 Å². The van der Waals surface area contributed by atoms with Crippen molar-refractivity contribution in [1.82, 2.24) is 15.2 Å². The van der Waals surface area contributed by atoms with Gasteiger partial charge in [0, 0.05) is 41.3 Å². The average molecular weight is 461 g/mol. The minimum atomic E-state index is 0.314. The molecule has 3 aromatic rings. The van der Waals surface area contributed by atoms with Gasteiger partial charge in [0.15, 0.2) is 0 Å². The largest absolute Gasteiger partial charge is 0.497 e. The molecule has 6 nitrogen and oxygen atoms in total. The number of likely N-dealkylation sites (tertiary alicyclic amines) is 1. The molecule has 1 unspecified atom stereocenters. The number of hydrogen-bond donors (Lipinski definition) is 1. The van der Waals surface area contributed by atoms with E-state index in [0.29, 0.717) is 12.1 Å². The van der Waals surface area contributed by atoms with Crippen LogP contribution in [0.4, 0.5) is 5.69 Å². The van der Waals surface area contributed by atoms with Crippen molar-refractivity contribution in [3.8, 4) is 22.8 Å². The van der Waals surface area contributed by atoms with E-state index in [1.807, 2.05) is 25.2 Å². The molecule has 1 spiro atoms. The molecule has 2 saturated heterocycles. The van der Waals surface area contributed by atoms with Crippen LogP contribution in [0.1, 0.15) is 25.7 Å². The van der Waals surface area contributed by atoms with E-state index in [1.165, 1.54) is 36.9 Å². The second-order valence-corrected chi connectivity index (χ2v) is 9.66. The first-order valence-corrected chi connectivity index (χ1v) is 12.4. The molecule has 2 aliphatic heterocycles. The number of fused-ring (bicyclic) bond motifs is 1. The van der Waals surface area contributed by atoms with E-state index in [2.05, 4.69) is 52.5 Å². The Morgan fingerprint density at radius 3 is 2.59 bits per heavy atom. The van der Waals surface area contributed by atoms with Crippen molar-refractivity contribution in [1.29, 1.82) is 0 Å². The molecule has 0 amide bonds. The van der Waals surface area contributed by atoms with E-state index in [9.17, 15) is 0 Å². The Balaban J connectivity index is 1.47. The van der Waals surface area contributed by atoms with E-state index in [0.717, 1.165) is 54.3 Å². The number of nitrogens with zero attached hydrogens (tertiary/aromatic N) is 3. The van der Waals surface area contributed by atoms with Gasteiger partial charge in [0.1, 0.15) is 11.5 Å². The zero-order valence-electron chi connectivity index (χ0n) is 20.6. The molecule has 0 aliphatic carbocycles. The van der Waals surface area contributed by atoms with E-state index >= 15 is 0 Å². The number of pyridine rings is 1. The summed E-state index contributed by atoms with van der Waals surface area (Å²) in [6.07, 6.45) is 4.80. The van der Waals surface area contributed by atoms with Gasteiger partial charge in [-0.25, -0.2) is 4.98 Å². The molecule has 6 heteroatoms. The summed E-state index contributed by atoms with van der Waals surface area (Å²) >= 11 is 0. The summed E-state index contributed by atoms with van der Waals surface area (Å²) in [4.78, 5) is 10.2. The van der Waals surface area contributed by atoms with Crippen molar-refractivity contribution in [3.63, 3.8) is 0 Å². The smallest absolute Gasteiger partial charge is 0.121 e. The first-order chi connectivity index (χ1) is 16.6. The van der Waals surface area contributed by atoms with Gasteiger partial charge in [-0.3, -0.25) is 4.90 Å². The SMILES string of the molecule is CNCCCOc1ccc(-c2cc(N3CCC4(CCCN4C)C3)c3ccc(OC)cc3n2)cc1. The molecule has 1 N–H and O–H groups in total. The van der Waals surface area contributed by atoms with E-state index in [1.54, 1.807) is 7.11 Å². The minimum absolute atomic E-state index is 0.314. The van der Waals surface area contributed by atoms with Gasteiger partial charge in [-0.1, -0.05) is 0 Å². The lowest BCUT2D eigenvalue weighted by Crippen LogP contribution is -2.43. The first-order valence-electron chi connectivity index (χ1n) is 12.4. The third-order valence-electron chi connectivity index (χ3n) is 7.60. The lowest BCUT2D eigenvalue weighted by atomic mass is 9.96. The van der Waals surface area contributed by atoms with Gasteiger partial charge in [-0.05, 0) is 95.3 Å². The van der Waals surface area contributed by atoms with Crippen molar-refractivity contribution < 1.29 is 9.47 Å². The first kappa shape index (κ1) is 22.9. The quantitative estimate of drug-likeness (QED) is 0.497. The fraction of sp³-hybridized carbons (Fsp3) is 0.464. The van der Waals surface area contributed by atoms with Crippen molar-refractivity contribution in [2.24, 2.45) is 0 Å². The number of likely N-dealkylation sites (N-methyl/N-ethyl adjacent to an activating group) is 1. The zero-order valence-corrected chi connectivity index (χ0v) is 20.6. The topological polar surface area (TPSA) is 49.9 Å². The third-order valence-corrected chi connectivity index (χ3v) is 7.60. The Labute approximate surface area is 202 Å². The number of anilines is 1. The van der Waals surface area contributed by atoms with Crippen LogP contribution in [0.5, 0.6) is 11.5 Å². The summed E-state index contributed by atoms with van der Waals surface area (Å²) in [5, 5.41) is 4.34. The van der Waals surface area contributed by atoms with Crippen molar-refractivity contribution >= 4 is 16.6 Å². The second-order valence-electron chi connectivity index (χ2n) is 9.66. The molecular weight excluding hydrogens is 424 g/mol. The van der Waals surface area contributed by atoms with Gasteiger partial charge >= 0.3 is 0 Å². The van der Waals surface area contributed by atoms with Crippen LogP contribution in [0.2, 0.25) is 0 Å². The maximum absolute atomic E-state index is 5.88. The van der Waals surface area contributed by atoms with Crippen LogP contribution in [-0.2, 0) is 0 Å². The number of benzene rings is 2. The molecule has 0 radical (unpaired) electrons. The number of ether oxygens (including phenoxy) is 2. The predicted molar refractivity (Wildman–Crippen MR) is 139 cm³/mol. The highest BCUT2D eigenvalue weighted by atomic mass is 16.5. The highest BCUT2D eigenvalue weighted by molar-refractivity contribution is 5.95. The third kappa shape index (κ3) is 4.44. The molecule has 0 bridgehead atoms. The normalized spacial score (nSPS) is 20.5. The summed E-state index contributed by atoms with van der Waals surface area (Å²) < 4.78 is 11.4. The number of methoxy groups -OCH3 is 1. The van der Waals surface area contributed by atoms with E-state index in [4.69, 9.17) is 14.5 Å². The van der Waals surface area contributed by atoms with Gasteiger partial charge in [-0.15, -0.1) is 0 Å². The van der Waals surface area contributed by atoms with Crippen molar-refractivity contribution in [2.45, 2.75) is 31.2 Å². The van der Waals surface area contributed by atoms with Crippen molar-refractivity contribution in [3.05, 3.63) is 48.5 Å². The van der Waals surface area contributed by atoms with Gasteiger partial charge in [-0.2, -0.15) is 0 Å². The molecule has 2 aliphatic rings. The molecule has 5 rings (SSSR count). The molecule has 2 fully saturated rings. The maximum Gasteiger partial charge on any atom is 0.121 e. The minimum Gasteiger partial charge on any atom is -0.497 e. The molecule has 1 atom stereocenters. The summed E-state index contributed by atoms with van der Waals surface area (Å²) in [6, 6.07) is 16.8. The standard InChI is InChI=1S/C28H36N4O2/c1-29-14-5-17-34-22-8-6-21(7-9-22)25-19-27(24-11-10-23(33-3)18-26(24)30-25)32-16-13-28(20-32)12-4-15-31(28)2/h6-11,18-19,29H,4-5,12-17,20H2,1-3H3. The summed E-state index contributed by atoms with van der Waals surface area (Å²) in [6.45, 7) is 5.03. The maximum atomic E-state index is 5.88. The van der Waals surface area contributed by atoms with E-state index in [-0.39, 0.29) is 0 Å². The van der Waals surface area contributed by atoms with Crippen molar-refractivity contribution in [2.75, 3.05) is 58.9 Å². The number of rotatable bonds is 8. The van der Waals surface area contributed by atoms with Crippen LogP contribution in [0.3, 0.4) is 0 Å². The zero-order chi connectivity index (χ0) is 23.5. The Morgan fingerprint density at radius 2 is 1.85 bits per heavy atom. The van der Waals surface area contributed by atoms with Crippen LogP contribution in [-0.4, -0.2) is 69.4 Å². The molecule has 34 heavy (non-hydrogen) atoms. The molecule has 2 aromatic carbocycles. The summed E-state index contributed by atoms with van der Waals surface area (Å²) in [7, 11) is 5.96. The predicted octanol–water partition coefficient (Wildman–Crippen LogP) is 4.57. The number of nitrogens with one attached hydrogen (secondary N) is 1. The van der Waals surface area contributed by atoms with Crippen LogP contribution >= 0.6 is 0 Å². The molecule has 0 saturated carbocycles. The highest BCUT2D eigenvalue weighted by Crippen LogP contribution is 2.41. The Hall–Kier alpha value is -2.83. The Morgan fingerprint density at radius 1 is 1.03 bits per heavy atom. The average Bonchev–Trinajstić information content (AvgIpc) is 3.47. The second kappa shape index (κ2) is 9.80. The lowest BCUT2D eigenvalue weighted by Gasteiger charge is -2.32. The highest BCUT2D eigenvalue weighted by Gasteiger charge is 2.44. The van der Waals surface area contributed by atoms with Gasteiger partial charge in [0.2, 0.25) is 0 Å². The molecular formula is C28H36N4O2. The Bertz CT molecular complexity index is 1130. The monoisotopic (exact) mass is 460 g/mol. The fourth-order valence-electron chi connectivity index (χ4n) is 5.54. The van der Waals surface area contributed by atoms with E-state index < -0.39 is 0 Å². The van der Waals surface area contributed by atoms with Gasteiger partial charge in [0.25, 0.3) is 0 Å². The lowest BCUT2D eigenvalue weighted by molar-refractivity contribution is 0.198. The molecule has 180 valence electrons. The summed E-state index contributed by atoms with van der Waals surface area (Å²) in [5.74, 6) is 1.73. The molecule has 1 aromatic heterocycles. The van der Waals surface area contributed by atoms with Crippen LogP contribution in [0, 0.1) is 0 Å². The number of aromatic nitrogens is 1. The number of hydrogen-bond acceptors (Lipinski definition) is 6.